The van der Waals surface area contributed by atoms with Crippen LogP contribution in [0.1, 0.15) is 13.3 Å². The predicted molar refractivity (Wildman–Crippen MR) is 47.0 cm³/mol. The molecule has 0 saturated heterocycles. The van der Waals surface area contributed by atoms with E-state index in [0.29, 0.717) is 0 Å². The lowest BCUT2D eigenvalue weighted by Gasteiger charge is -2.20. The molecule has 1 atom stereocenters. The fourth-order valence-corrected chi connectivity index (χ4v) is 1.23. The lowest BCUT2D eigenvalue weighted by Crippen LogP contribution is -2.35. The van der Waals surface area contributed by atoms with Gasteiger partial charge in [-0.15, -0.1) is 0 Å². The van der Waals surface area contributed by atoms with Gasteiger partial charge in [-0.2, -0.15) is 4.59 Å². The first-order valence-electron chi connectivity index (χ1n) is 3.96. The van der Waals surface area contributed by atoms with Gasteiger partial charge in [0.25, 0.3) is 0 Å². The van der Waals surface area contributed by atoms with Crippen molar-refractivity contribution in [2.75, 3.05) is 20.1 Å². The van der Waals surface area contributed by atoms with Crippen molar-refractivity contribution in [2.45, 2.75) is 13.3 Å². The summed E-state index contributed by atoms with van der Waals surface area (Å²) in [5, 5.41) is 4.34. The summed E-state index contributed by atoms with van der Waals surface area (Å²) >= 11 is 0. The first-order valence-corrected chi connectivity index (χ1v) is 3.96. The summed E-state index contributed by atoms with van der Waals surface area (Å²) in [5.41, 5.74) is 5.59. The van der Waals surface area contributed by atoms with Crippen LogP contribution in [0.3, 0.4) is 0 Å². The van der Waals surface area contributed by atoms with E-state index in [-0.39, 0.29) is 0 Å². The summed E-state index contributed by atoms with van der Waals surface area (Å²) in [4.78, 5) is 0. The Bertz CT molecular complexity index is 196. The summed E-state index contributed by atoms with van der Waals surface area (Å²) in [7, 11) is 2.10. The van der Waals surface area contributed by atoms with Crippen LogP contribution in [-0.4, -0.2) is 30.6 Å². The second kappa shape index (κ2) is 3.05. The molecule has 0 amide bonds. The van der Waals surface area contributed by atoms with Gasteiger partial charge in [0.2, 0.25) is 0 Å². The fraction of sp³-hybridized carbons (Fsp3) is 0.625. The van der Waals surface area contributed by atoms with E-state index < -0.39 is 0 Å². The van der Waals surface area contributed by atoms with Gasteiger partial charge in [0.1, 0.15) is 13.1 Å². The van der Waals surface area contributed by atoms with E-state index >= 15 is 0 Å². The van der Waals surface area contributed by atoms with Crippen LogP contribution < -0.4 is 5.73 Å². The summed E-state index contributed by atoms with van der Waals surface area (Å²) < 4.78 is 0.718. The summed E-state index contributed by atoms with van der Waals surface area (Å²) in [6.07, 6.45) is 5.11. The van der Waals surface area contributed by atoms with Crippen LogP contribution >= 0.6 is 0 Å². The van der Waals surface area contributed by atoms with Crippen LogP contribution in [0.2, 0.25) is 0 Å². The van der Waals surface area contributed by atoms with Gasteiger partial charge in [-0.05, 0) is 13.0 Å². The van der Waals surface area contributed by atoms with Gasteiger partial charge in [0.15, 0.2) is 5.84 Å². The molecule has 1 heterocycles. The van der Waals surface area contributed by atoms with Crippen LogP contribution in [-0.2, 0) is 0 Å². The first kappa shape index (κ1) is 8.27. The standard InChI is InChI=1S/C8H16N3/c1-3-4-6-11(2)7-5-8(9)10-11/h3-4H,5-7H2,1-2H3,(H2,9,10)/q+1/b4-3+. The molecular weight excluding hydrogens is 138 g/mol. The Morgan fingerprint density at radius 2 is 2.45 bits per heavy atom. The van der Waals surface area contributed by atoms with Crippen molar-refractivity contribution in [1.29, 1.82) is 0 Å². The van der Waals surface area contributed by atoms with Crippen molar-refractivity contribution in [3.05, 3.63) is 12.2 Å². The van der Waals surface area contributed by atoms with E-state index in [1.54, 1.807) is 0 Å². The van der Waals surface area contributed by atoms with E-state index in [1.165, 1.54) is 0 Å². The summed E-state index contributed by atoms with van der Waals surface area (Å²) in [5.74, 6) is 0.789. The molecule has 0 aromatic carbocycles. The molecule has 11 heavy (non-hydrogen) atoms. The molecule has 0 radical (unpaired) electrons. The SMILES string of the molecule is C/C=C/C[N+]1(C)CCC(N)=N1. The van der Waals surface area contributed by atoms with Crippen molar-refractivity contribution in [1.82, 2.24) is 0 Å². The number of amidine groups is 1. The van der Waals surface area contributed by atoms with E-state index in [4.69, 9.17) is 5.73 Å². The van der Waals surface area contributed by atoms with Crippen LogP contribution in [0, 0.1) is 0 Å². The molecule has 1 unspecified atom stereocenters. The highest BCUT2D eigenvalue weighted by Crippen LogP contribution is 2.12. The number of nitrogens with zero attached hydrogens (tertiary/aromatic N) is 2. The van der Waals surface area contributed by atoms with Crippen molar-refractivity contribution in [2.24, 2.45) is 10.8 Å². The first-order chi connectivity index (χ1) is 5.16. The van der Waals surface area contributed by atoms with Gasteiger partial charge < -0.3 is 5.73 Å². The molecule has 2 N–H and O–H groups in total. The van der Waals surface area contributed by atoms with Gasteiger partial charge in [-0.25, -0.2) is 0 Å². The Labute approximate surface area is 67.8 Å². The minimum Gasteiger partial charge on any atom is -0.383 e. The second-order valence-electron chi connectivity index (χ2n) is 3.16. The molecule has 62 valence electrons. The number of hydrogen-bond donors (Lipinski definition) is 1. The van der Waals surface area contributed by atoms with Crippen molar-refractivity contribution in [3.63, 3.8) is 0 Å². The van der Waals surface area contributed by atoms with Crippen LogP contribution in [0.4, 0.5) is 0 Å². The molecule has 0 aliphatic carbocycles. The van der Waals surface area contributed by atoms with Crippen LogP contribution in [0.25, 0.3) is 0 Å². The Morgan fingerprint density at radius 3 is 2.91 bits per heavy atom. The fourth-order valence-electron chi connectivity index (χ4n) is 1.23. The molecular formula is C8H16N3+. The van der Waals surface area contributed by atoms with Crippen LogP contribution in [0.15, 0.2) is 17.3 Å². The maximum absolute atomic E-state index is 5.59. The number of likely N-dealkylation sites (N-methyl/N-ethyl adjacent to an activating group) is 1. The highest BCUT2D eigenvalue weighted by molar-refractivity contribution is 5.80. The third-order valence-electron chi connectivity index (χ3n) is 1.95. The Morgan fingerprint density at radius 1 is 1.73 bits per heavy atom. The number of quaternary nitrogens is 1. The normalized spacial score (nSPS) is 31.3. The summed E-state index contributed by atoms with van der Waals surface area (Å²) in [6.45, 7) is 4.02. The van der Waals surface area contributed by atoms with E-state index in [1.807, 2.05) is 13.0 Å². The van der Waals surface area contributed by atoms with Crippen molar-refractivity contribution < 1.29 is 4.59 Å². The van der Waals surface area contributed by atoms with Gasteiger partial charge >= 0.3 is 0 Å². The average Bonchev–Trinajstić information content (AvgIpc) is 2.28. The largest absolute Gasteiger partial charge is 0.383 e. The lowest BCUT2D eigenvalue weighted by atomic mass is 10.4. The van der Waals surface area contributed by atoms with Gasteiger partial charge in [-0.3, -0.25) is 0 Å². The van der Waals surface area contributed by atoms with Gasteiger partial charge in [0, 0.05) is 0 Å². The Balaban J connectivity index is 2.55. The zero-order valence-corrected chi connectivity index (χ0v) is 7.25. The quantitative estimate of drug-likeness (QED) is 0.461. The maximum Gasteiger partial charge on any atom is 0.161 e. The molecule has 1 aliphatic heterocycles. The van der Waals surface area contributed by atoms with E-state index in [0.717, 1.165) is 29.9 Å². The van der Waals surface area contributed by atoms with Crippen molar-refractivity contribution >= 4 is 5.84 Å². The highest BCUT2D eigenvalue weighted by Gasteiger charge is 2.26. The number of allylic oxidation sites excluding steroid dienone is 1. The molecule has 0 bridgehead atoms. The number of nitrogens with two attached hydrogens (primary N) is 1. The van der Waals surface area contributed by atoms with Gasteiger partial charge in [0.05, 0.1) is 13.5 Å². The third-order valence-corrected chi connectivity index (χ3v) is 1.95. The van der Waals surface area contributed by atoms with E-state index in [9.17, 15) is 0 Å². The maximum atomic E-state index is 5.59. The zero-order chi connectivity index (χ0) is 8.32. The number of hydrogen-bond acceptors (Lipinski definition) is 2. The Hall–Kier alpha value is -0.830. The molecule has 0 aromatic heterocycles. The predicted octanol–water partition coefficient (Wildman–Crippen LogP) is 0.685. The molecule has 3 heteroatoms. The minimum atomic E-state index is 0.718. The van der Waals surface area contributed by atoms with Gasteiger partial charge in [-0.1, -0.05) is 11.2 Å². The smallest absolute Gasteiger partial charge is 0.161 e. The molecule has 3 nitrogen and oxygen atoms in total. The zero-order valence-electron chi connectivity index (χ0n) is 7.25. The highest BCUT2D eigenvalue weighted by atomic mass is 15.6. The molecule has 1 aliphatic rings. The molecule has 0 aromatic rings. The monoisotopic (exact) mass is 154 g/mol. The average molecular weight is 154 g/mol. The molecule has 1 rings (SSSR count). The summed E-state index contributed by atoms with van der Waals surface area (Å²) in [6, 6.07) is 0. The second-order valence-corrected chi connectivity index (χ2v) is 3.16. The number of rotatable bonds is 2. The third kappa shape index (κ3) is 2.05. The minimum absolute atomic E-state index is 0.718. The van der Waals surface area contributed by atoms with Crippen molar-refractivity contribution in [3.8, 4) is 0 Å². The van der Waals surface area contributed by atoms with Crippen LogP contribution in [0.5, 0.6) is 0 Å². The molecule has 0 fully saturated rings. The molecule has 0 spiro atoms. The topological polar surface area (TPSA) is 38.4 Å². The Kier molecular flexibility index (Phi) is 2.29. The molecule has 0 saturated carbocycles. The lowest BCUT2D eigenvalue weighted by molar-refractivity contribution is -0.904. The van der Waals surface area contributed by atoms with E-state index in [2.05, 4.69) is 18.2 Å².